The number of aryl methyl sites for hydroxylation is 1. The number of primary amides is 1. The highest BCUT2D eigenvalue weighted by Crippen LogP contribution is 2.41. The van der Waals surface area contributed by atoms with E-state index >= 15 is 4.39 Å². The lowest BCUT2D eigenvalue weighted by Crippen LogP contribution is -2.62. The van der Waals surface area contributed by atoms with Gasteiger partial charge in [-0.2, -0.15) is 5.10 Å². The van der Waals surface area contributed by atoms with E-state index in [0.29, 0.717) is 65.6 Å². The maximum Gasteiger partial charge on any atom is 0.314 e. The van der Waals surface area contributed by atoms with E-state index in [-0.39, 0.29) is 23.2 Å². The minimum absolute atomic E-state index is 0.00778. The molecule has 0 spiro atoms. The summed E-state index contributed by atoms with van der Waals surface area (Å²) < 4.78 is 23.4. The number of rotatable bonds is 3. The van der Waals surface area contributed by atoms with Crippen molar-refractivity contribution in [3.05, 3.63) is 40.1 Å². The van der Waals surface area contributed by atoms with Gasteiger partial charge in [-0.1, -0.05) is 11.6 Å². The van der Waals surface area contributed by atoms with Gasteiger partial charge in [-0.15, -0.1) is 0 Å². The highest BCUT2D eigenvalue weighted by atomic mass is 35.5. The maximum absolute atomic E-state index is 15.3. The van der Waals surface area contributed by atoms with Gasteiger partial charge in [0.25, 0.3) is 0 Å². The Kier molecular flexibility index (Phi) is 5.48. The van der Waals surface area contributed by atoms with E-state index in [1.807, 2.05) is 20.8 Å². The van der Waals surface area contributed by atoms with Crippen LogP contribution in [0, 0.1) is 12.7 Å². The van der Waals surface area contributed by atoms with E-state index in [1.165, 1.54) is 6.33 Å². The maximum atomic E-state index is 15.3. The van der Waals surface area contributed by atoms with Crippen molar-refractivity contribution in [1.29, 1.82) is 0 Å². The number of aromatic nitrogens is 4. The summed E-state index contributed by atoms with van der Waals surface area (Å²) in [5.74, 6) is 0.299. The number of fused-ring (bicyclic) bond motifs is 2. The fourth-order valence-electron chi connectivity index (χ4n) is 4.83. The summed E-state index contributed by atoms with van der Waals surface area (Å²) in [6.45, 7) is 7.59. The van der Waals surface area contributed by atoms with Crippen LogP contribution in [0.3, 0.4) is 0 Å². The predicted octanol–water partition coefficient (Wildman–Crippen LogP) is 2.46. The number of urea groups is 1. The Bertz CT molecular complexity index is 1290. The van der Waals surface area contributed by atoms with Gasteiger partial charge in [0, 0.05) is 43.3 Å². The number of benzene rings is 1. The second-order valence-electron chi connectivity index (χ2n) is 8.99. The van der Waals surface area contributed by atoms with Gasteiger partial charge in [-0.25, -0.2) is 23.8 Å². The van der Waals surface area contributed by atoms with Crippen molar-refractivity contribution in [1.82, 2.24) is 29.5 Å². The number of ether oxygens (including phenoxy) is 1. The molecule has 2 amide bonds. The van der Waals surface area contributed by atoms with Crippen LogP contribution in [0.15, 0.2) is 12.4 Å². The molecule has 2 aliphatic rings. The van der Waals surface area contributed by atoms with Crippen LogP contribution in [0.1, 0.15) is 36.7 Å². The van der Waals surface area contributed by atoms with E-state index in [9.17, 15) is 4.79 Å². The van der Waals surface area contributed by atoms with Gasteiger partial charge in [0.2, 0.25) is 0 Å². The Morgan fingerprint density at radius 3 is 2.76 bits per heavy atom. The highest BCUT2D eigenvalue weighted by molar-refractivity contribution is 6.31. The van der Waals surface area contributed by atoms with Crippen LogP contribution in [0.2, 0.25) is 5.02 Å². The first kappa shape index (κ1) is 22.6. The van der Waals surface area contributed by atoms with Crippen LogP contribution < -0.4 is 16.2 Å². The largest absolute Gasteiger partial charge is 0.489 e. The Morgan fingerprint density at radius 2 is 2.06 bits per heavy atom. The number of anilines is 1. The van der Waals surface area contributed by atoms with Crippen molar-refractivity contribution < 1.29 is 13.9 Å². The summed E-state index contributed by atoms with van der Waals surface area (Å²) in [5, 5.41) is 5.33. The normalized spacial score (nSPS) is 19.9. The van der Waals surface area contributed by atoms with Crippen LogP contribution in [-0.2, 0) is 6.54 Å². The third-order valence-corrected chi connectivity index (χ3v) is 6.94. The molecule has 1 aromatic carbocycles. The number of carbonyl (C=O) groups excluding carboxylic acids is 1. The van der Waals surface area contributed by atoms with Crippen LogP contribution >= 0.6 is 11.6 Å². The highest BCUT2D eigenvalue weighted by Gasteiger charge is 2.38. The van der Waals surface area contributed by atoms with Crippen molar-refractivity contribution in [3.8, 4) is 5.75 Å². The van der Waals surface area contributed by atoms with Crippen molar-refractivity contribution in [3.63, 3.8) is 0 Å². The molecule has 10 nitrogen and oxygen atoms in total. The third-order valence-electron chi connectivity index (χ3n) is 6.67. The molecular weight excluding hydrogens is 463 g/mol. The molecule has 4 N–H and O–H groups in total. The quantitative estimate of drug-likeness (QED) is 0.579. The Labute approximate surface area is 200 Å². The van der Waals surface area contributed by atoms with Crippen molar-refractivity contribution in [2.24, 2.45) is 5.73 Å². The second-order valence-corrected chi connectivity index (χ2v) is 9.39. The molecule has 3 aromatic rings. The minimum Gasteiger partial charge on any atom is -0.489 e. The Morgan fingerprint density at radius 1 is 1.32 bits per heavy atom. The number of hydrogen-bond donors (Lipinski definition) is 2. The first-order valence-corrected chi connectivity index (χ1v) is 11.4. The number of nitrogen functional groups attached to an aromatic ring is 1. The number of nitrogens with zero attached hydrogens (tertiary/aromatic N) is 6. The lowest BCUT2D eigenvalue weighted by Gasteiger charge is -2.44. The lowest BCUT2D eigenvalue weighted by molar-refractivity contribution is 0.0386. The SMILES string of the molecule is Cc1nn(C(C)c2cc(Cl)c(F)c3c2OC(C)CN(C2CN(C(N)=O)C2)C3)c2ncnc(N)c12. The smallest absolute Gasteiger partial charge is 0.314 e. The summed E-state index contributed by atoms with van der Waals surface area (Å²) in [6, 6.07) is 0.840. The average Bonchev–Trinajstić information content (AvgIpc) is 2.98. The standard InChI is InChI=1S/C22H26ClFN8O2/c1-10-5-30(13-6-31(7-13)22(26)33)8-15-18(24)16(23)4-14(19(15)34-10)12(3)32-21-17(11(2)29-32)20(25)27-9-28-21/h4,9-10,12-13H,5-8H2,1-3H3,(H2,26,33)(H2,25,27,28). The summed E-state index contributed by atoms with van der Waals surface area (Å²) in [4.78, 5) is 23.5. The number of nitrogens with two attached hydrogens (primary N) is 2. The topological polar surface area (TPSA) is 128 Å². The zero-order valence-corrected chi connectivity index (χ0v) is 19.9. The number of amides is 2. The zero-order chi connectivity index (χ0) is 24.3. The molecule has 180 valence electrons. The molecule has 12 heteroatoms. The molecule has 1 fully saturated rings. The van der Waals surface area contributed by atoms with Gasteiger partial charge in [0.1, 0.15) is 29.8 Å². The Balaban J connectivity index is 1.56. The van der Waals surface area contributed by atoms with E-state index in [0.717, 1.165) is 0 Å². The monoisotopic (exact) mass is 488 g/mol. The molecule has 34 heavy (non-hydrogen) atoms. The average molecular weight is 489 g/mol. The molecule has 2 atom stereocenters. The van der Waals surface area contributed by atoms with Gasteiger partial charge < -0.3 is 21.1 Å². The fraction of sp³-hybridized carbons (Fsp3) is 0.455. The molecule has 0 bridgehead atoms. The summed E-state index contributed by atoms with van der Waals surface area (Å²) >= 11 is 6.37. The summed E-state index contributed by atoms with van der Waals surface area (Å²) in [5.41, 5.74) is 13.8. The molecule has 2 aliphatic heterocycles. The van der Waals surface area contributed by atoms with Gasteiger partial charge >= 0.3 is 6.03 Å². The number of likely N-dealkylation sites (tertiary alicyclic amines) is 1. The van der Waals surface area contributed by atoms with Crippen LogP contribution in [0.4, 0.5) is 15.0 Å². The van der Waals surface area contributed by atoms with Crippen molar-refractivity contribution in [2.75, 3.05) is 25.4 Å². The zero-order valence-electron chi connectivity index (χ0n) is 19.1. The molecule has 5 rings (SSSR count). The van der Waals surface area contributed by atoms with Crippen LogP contribution in [0.25, 0.3) is 11.0 Å². The van der Waals surface area contributed by atoms with Gasteiger partial charge in [0.15, 0.2) is 5.65 Å². The van der Waals surface area contributed by atoms with E-state index in [1.54, 1.807) is 15.6 Å². The minimum atomic E-state index is -0.508. The van der Waals surface area contributed by atoms with Gasteiger partial charge in [-0.3, -0.25) is 4.90 Å². The summed E-state index contributed by atoms with van der Waals surface area (Å²) in [7, 11) is 0. The molecule has 0 saturated carbocycles. The fourth-order valence-corrected chi connectivity index (χ4v) is 5.06. The molecule has 1 saturated heterocycles. The first-order chi connectivity index (χ1) is 16.2. The summed E-state index contributed by atoms with van der Waals surface area (Å²) in [6.07, 6.45) is 1.18. The number of halogens is 2. The Hall–Kier alpha value is -3.18. The van der Waals surface area contributed by atoms with E-state index < -0.39 is 11.8 Å². The lowest BCUT2D eigenvalue weighted by atomic mass is 10.0. The van der Waals surface area contributed by atoms with Crippen LogP contribution in [0.5, 0.6) is 5.75 Å². The van der Waals surface area contributed by atoms with E-state index in [2.05, 4.69) is 20.0 Å². The van der Waals surface area contributed by atoms with Gasteiger partial charge in [-0.05, 0) is 26.8 Å². The molecule has 2 unspecified atom stereocenters. The third kappa shape index (κ3) is 3.59. The predicted molar refractivity (Wildman–Crippen MR) is 125 cm³/mol. The molecule has 0 radical (unpaired) electrons. The van der Waals surface area contributed by atoms with Crippen molar-refractivity contribution in [2.45, 2.75) is 45.5 Å². The molecule has 4 heterocycles. The molecular formula is C22H26ClFN8O2. The van der Waals surface area contributed by atoms with E-state index in [4.69, 9.17) is 27.8 Å². The molecule has 2 aromatic heterocycles. The molecule has 0 aliphatic carbocycles. The first-order valence-electron chi connectivity index (χ1n) is 11.1. The number of carbonyl (C=O) groups is 1. The van der Waals surface area contributed by atoms with Crippen LogP contribution in [-0.4, -0.2) is 67.4 Å². The second kappa shape index (κ2) is 8.24. The number of hydrogen-bond acceptors (Lipinski definition) is 7. The van der Waals surface area contributed by atoms with Gasteiger partial charge in [0.05, 0.1) is 22.1 Å². The van der Waals surface area contributed by atoms with Crippen molar-refractivity contribution >= 4 is 34.5 Å².